The Morgan fingerprint density at radius 2 is 1.57 bits per heavy atom. The van der Waals surface area contributed by atoms with E-state index in [1.807, 2.05) is 36.4 Å². The van der Waals surface area contributed by atoms with Crippen LogP contribution in [0.15, 0.2) is 112 Å². The van der Waals surface area contributed by atoms with Gasteiger partial charge >= 0.3 is 0 Å². The van der Waals surface area contributed by atoms with E-state index in [0.29, 0.717) is 38.1 Å². The van der Waals surface area contributed by atoms with Crippen LogP contribution in [-0.2, 0) is 0 Å². The van der Waals surface area contributed by atoms with E-state index >= 15 is 0 Å². The van der Waals surface area contributed by atoms with Gasteiger partial charge in [-0.2, -0.15) is 0 Å². The number of nitro groups is 1. The molecule has 1 heterocycles. The van der Waals surface area contributed by atoms with Crippen molar-refractivity contribution in [3.63, 3.8) is 0 Å². The van der Waals surface area contributed by atoms with Crippen LogP contribution in [0.2, 0.25) is 5.02 Å². The summed E-state index contributed by atoms with van der Waals surface area (Å²) in [7, 11) is 0. The first-order chi connectivity index (χ1) is 17.0. The molecule has 0 saturated heterocycles. The molecule has 0 spiro atoms. The number of hydrogen-bond donors (Lipinski definition) is 0. The third kappa shape index (κ3) is 4.75. The molecule has 0 aliphatic heterocycles. The smallest absolute Gasteiger partial charge is 0.270 e. The fourth-order valence-electron chi connectivity index (χ4n) is 3.48. The van der Waals surface area contributed by atoms with Crippen LogP contribution in [-0.4, -0.2) is 14.5 Å². The number of aromatic nitrogens is 2. The monoisotopic (exact) mass is 501 g/mol. The molecule has 5 rings (SSSR count). The number of non-ortho nitro benzene ring substituents is 1. The summed E-state index contributed by atoms with van der Waals surface area (Å²) in [6.45, 7) is 0. The van der Waals surface area contributed by atoms with Crippen LogP contribution in [0.5, 0.6) is 11.5 Å². The van der Waals surface area contributed by atoms with Crippen LogP contribution in [0.3, 0.4) is 0 Å². The summed E-state index contributed by atoms with van der Waals surface area (Å²) >= 11 is 7.48. The Morgan fingerprint density at radius 3 is 2.29 bits per heavy atom. The van der Waals surface area contributed by atoms with Crippen molar-refractivity contribution in [1.82, 2.24) is 9.55 Å². The maximum absolute atomic E-state index is 13.5. The van der Waals surface area contributed by atoms with Gasteiger partial charge in [0.15, 0.2) is 5.16 Å². The zero-order chi connectivity index (χ0) is 24.4. The average Bonchev–Trinajstić information content (AvgIpc) is 2.87. The molecule has 35 heavy (non-hydrogen) atoms. The Hall–Kier alpha value is -4.14. The molecule has 1 aromatic heterocycles. The second-order valence-electron chi connectivity index (χ2n) is 7.44. The van der Waals surface area contributed by atoms with Gasteiger partial charge in [0.2, 0.25) is 0 Å². The summed E-state index contributed by atoms with van der Waals surface area (Å²) in [6, 6.07) is 27.8. The minimum atomic E-state index is -0.510. The number of fused-ring (bicyclic) bond motifs is 1. The summed E-state index contributed by atoms with van der Waals surface area (Å²) in [5.74, 6) is 1.32. The zero-order valence-corrected chi connectivity index (χ0v) is 19.6. The van der Waals surface area contributed by atoms with Gasteiger partial charge in [-0.25, -0.2) is 4.98 Å². The predicted molar refractivity (Wildman–Crippen MR) is 136 cm³/mol. The Balaban J connectivity index is 1.58. The highest BCUT2D eigenvalue weighted by Gasteiger charge is 2.17. The van der Waals surface area contributed by atoms with Crippen LogP contribution in [0.25, 0.3) is 16.6 Å². The van der Waals surface area contributed by atoms with E-state index < -0.39 is 4.92 Å². The fourth-order valence-corrected chi connectivity index (χ4v) is 4.68. The Labute approximate surface area is 208 Å². The first-order valence-electron chi connectivity index (χ1n) is 10.5. The lowest BCUT2D eigenvalue weighted by Crippen LogP contribution is -2.21. The number of hydrogen-bond acceptors (Lipinski definition) is 6. The minimum absolute atomic E-state index is 0.114. The summed E-state index contributed by atoms with van der Waals surface area (Å²) in [6.07, 6.45) is 0. The Bertz CT molecular complexity index is 1610. The highest BCUT2D eigenvalue weighted by Crippen LogP contribution is 2.35. The van der Waals surface area contributed by atoms with Gasteiger partial charge in [0, 0.05) is 17.0 Å². The third-order valence-corrected chi connectivity index (χ3v) is 6.60. The van der Waals surface area contributed by atoms with E-state index in [1.54, 1.807) is 48.5 Å². The first-order valence-corrected chi connectivity index (χ1v) is 11.7. The second kappa shape index (κ2) is 9.61. The molecule has 0 amide bonds. The largest absolute Gasteiger partial charge is 0.457 e. The van der Waals surface area contributed by atoms with E-state index in [0.717, 1.165) is 11.8 Å². The van der Waals surface area contributed by atoms with Crippen molar-refractivity contribution in [2.75, 3.05) is 0 Å². The summed E-state index contributed by atoms with van der Waals surface area (Å²) < 4.78 is 7.36. The molecule has 0 N–H and O–H groups in total. The molecule has 0 saturated carbocycles. The molecule has 9 heteroatoms. The number of ether oxygens (including phenoxy) is 1. The topological polar surface area (TPSA) is 87.3 Å². The number of rotatable bonds is 6. The van der Waals surface area contributed by atoms with Crippen LogP contribution in [0.4, 0.5) is 5.69 Å². The van der Waals surface area contributed by atoms with E-state index in [9.17, 15) is 14.9 Å². The maximum Gasteiger partial charge on any atom is 0.270 e. The molecule has 5 aromatic rings. The van der Waals surface area contributed by atoms with E-state index in [-0.39, 0.29) is 16.3 Å². The molecule has 172 valence electrons. The molecule has 0 aliphatic carbocycles. The minimum Gasteiger partial charge on any atom is -0.457 e. The highest BCUT2D eigenvalue weighted by molar-refractivity contribution is 7.99. The van der Waals surface area contributed by atoms with Gasteiger partial charge in [-0.3, -0.25) is 19.5 Å². The van der Waals surface area contributed by atoms with Gasteiger partial charge in [-0.1, -0.05) is 41.9 Å². The number of nitrogens with zero attached hydrogens (tertiary/aromatic N) is 3. The van der Waals surface area contributed by atoms with Gasteiger partial charge in [-0.05, 0) is 66.4 Å². The second-order valence-corrected chi connectivity index (χ2v) is 8.85. The third-order valence-electron chi connectivity index (χ3n) is 5.15. The van der Waals surface area contributed by atoms with Crippen molar-refractivity contribution in [2.45, 2.75) is 10.1 Å². The Kier molecular flexibility index (Phi) is 6.22. The van der Waals surface area contributed by atoms with Crippen molar-refractivity contribution < 1.29 is 9.66 Å². The van der Waals surface area contributed by atoms with Crippen LogP contribution in [0, 0.1) is 10.1 Å². The molecule has 0 radical (unpaired) electrons. The standard InChI is InChI=1S/C26H16ClN3O4S/c27-22-16-18(30(32)33)12-15-24(22)35-26-28-23-9-5-4-8-21(23)25(31)29(26)17-10-13-20(14-11-17)34-19-6-2-1-3-7-19/h1-16H. The summed E-state index contributed by atoms with van der Waals surface area (Å²) in [4.78, 5) is 29.3. The van der Waals surface area contributed by atoms with Gasteiger partial charge < -0.3 is 4.74 Å². The normalized spacial score (nSPS) is 10.9. The SMILES string of the molecule is O=c1c2ccccc2nc(Sc2ccc([N+](=O)[O-])cc2Cl)n1-c1ccc(Oc2ccccc2)cc1. The Morgan fingerprint density at radius 1 is 0.886 bits per heavy atom. The summed E-state index contributed by atoms with van der Waals surface area (Å²) in [5, 5.41) is 12.1. The molecule has 0 unspecified atom stereocenters. The van der Waals surface area contributed by atoms with Crippen LogP contribution < -0.4 is 10.3 Å². The molecular formula is C26H16ClN3O4S. The average molecular weight is 502 g/mol. The van der Waals surface area contributed by atoms with Crippen molar-refractivity contribution in [3.05, 3.63) is 123 Å². The van der Waals surface area contributed by atoms with Crippen LogP contribution >= 0.6 is 23.4 Å². The molecule has 7 nitrogen and oxygen atoms in total. The van der Waals surface area contributed by atoms with Crippen molar-refractivity contribution in [1.29, 1.82) is 0 Å². The summed E-state index contributed by atoms with van der Waals surface area (Å²) in [5.41, 5.74) is 0.776. The number of halogens is 1. The van der Waals surface area contributed by atoms with Gasteiger partial charge in [0.25, 0.3) is 11.2 Å². The molecule has 0 bridgehead atoms. The number of para-hydroxylation sites is 2. The number of nitro benzene ring substituents is 1. The fraction of sp³-hybridized carbons (Fsp3) is 0. The van der Waals surface area contributed by atoms with E-state index in [1.165, 1.54) is 16.7 Å². The molecule has 0 aliphatic rings. The van der Waals surface area contributed by atoms with E-state index in [2.05, 4.69) is 0 Å². The molecular weight excluding hydrogens is 486 g/mol. The van der Waals surface area contributed by atoms with E-state index in [4.69, 9.17) is 21.3 Å². The quantitative estimate of drug-likeness (QED) is 0.143. The van der Waals surface area contributed by atoms with Crippen molar-refractivity contribution in [2.24, 2.45) is 0 Å². The lowest BCUT2D eigenvalue weighted by Gasteiger charge is -2.14. The van der Waals surface area contributed by atoms with Crippen molar-refractivity contribution in [3.8, 4) is 17.2 Å². The predicted octanol–water partition coefficient (Wildman–Crippen LogP) is 6.89. The van der Waals surface area contributed by atoms with Crippen molar-refractivity contribution >= 4 is 40.0 Å². The van der Waals surface area contributed by atoms with Crippen LogP contribution in [0.1, 0.15) is 0 Å². The van der Waals surface area contributed by atoms with Gasteiger partial charge in [0.05, 0.1) is 26.5 Å². The molecule has 0 atom stereocenters. The highest BCUT2D eigenvalue weighted by atomic mass is 35.5. The number of benzene rings is 4. The first kappa shape index (κ1) is 22.6. The zero-order valence-electron chi connectivity index (χ0n) is 18.0. The van der Waals surface area contributed by atoms with Gasteiger partial charge in [-0.15, -0.1) is 0 Å². The maximum atomic E-state index is 13.5. The molecule has 0 fully saturated rings. The lowest BCUT2D eigenvalue weighted by molar-refractivity contribution is -0.384. The lowest BCUT2D eigenvalue weighted by atomic mass is 10.2. The van der Waals surface area contributed by atoms with Gasteiger partial charge in [0.1, 0.15) is 11.5 Å². The molecule has 4 aromatic carbocycles.